The van der Waals surface area contributed by atoms with Crippen LogP contribution in [0.25, 0.3) is 11.0 Å². The Morgan fingerprint density at radius 1 is 1.09 bits per heavy atom. The van der Waals surface area contributed by atoms with Crippen LogP contribution in [0.4, 0.5) is 5.13 Å². The SMILES string of the molecule is CCCn1c(=O)n(CCC(=O)NNC(=O)c2csc(N3CCOCC3)n2)c2ccccc21. The fourth-order valence-electron chi connectivity index (χ4n) is 3.66. The van der Waals surface area contributed by atoms with Crippen molar-refractivity contribution in [3.8, 4) is 0 Å². The van der Waals surface area contributed by atoms with Gasteiger partial charge in [0, 0.05) is 38.0 Å². The third-order valence-corrected chi connectivity index (χ3v) is 6.16. The molecule has 170 valence electrons. The van der Waals surface area contributed by atoms with E-state index in [1.807, 2.05) is 31.2 Å². The van der Waals surface area contributed by atoms with Crippen molar-refractivity contribution in [2.24, 2.45) is 0 Å². The molecule has 10 nitrogen and oxygen atoms in total. The maximum atomic E-state index is 12.8. The molecular formula is C21H26N6O4S. The third-order valence-electron chi connectivity index (χ3n) is 5.26. The number of carbonyl (C=O) groups excluding carboxylic acids is 2. The molecule has 0 bridgehead atoms. The van der Waals surface area contributed by atoms with Crippen LogP contribution in [0.1, 0.15) is 30.3 Å². The standard InChI is InChI=1S/C21H26N6O4S/c1-2-8-26-16-5-3-4-6-17(16)27(21(26)30)9-7-18(28)23-24-19(29)15-14-32-20(22-15)25-10-12-31-13-11-25/h3-6,14H,2,7-13H2,1H3,(H,23,28)(H,24,29). The van der Waals surface area contributed by atoms with Gasteiger partial charge in [0.05, 0.1) is 24.2 Å². The number of para-hydroxylation sites is 2. The highest BCUT2D eigenvalue weighted by molar-refractivity contribution is 7.13. The zero-order chi connectivity index (χ0) is 22.5. The van der Waals surface area contributed by atoms with Crippen LogP contribution in [-0.2, 0) is 22.6 Å². The summed E-state index contributed by atoms with van der Waals surface area (Å²) in [4.78, 5) is 43.8. The monoisotopic (exact) mass is 458 g/mol. The predicted octanol–water partition coefficient (Wildman–Crippen LogP) is 1.36. The lowest BCUT2D eigenvalue weighted by molar-refractivity contribution is -0.122. The number of morpholine rings is 1. The molecule has 0 saturated carbocycles. The Hall–Kier alpha value is -3.18. The molecule has 2 N–H and O–H groups in total. The number of anilines is 1. The van der Waals surface area contributed by atoms with Gasteiger partial charge in [-0.1, -0.05) is 19.1 Å². The van der Waals surface area contributed by atoms with Crippen molar-refractivity contribution >= 4 is 39.3 Å². The molecule has 4 rings (SSSR count). The van der Waals surface area contributed by atoms with Gasteiger partial charge in [0.2, 0.25) is 5.91 Å². The summed E-state index contributed by atoms with van der Waals surface area (Å²) in [6, 6.07) is 7.54. The maximum Gasteiger partial charge on any atom is 0.329 e. The molecule has 11 heteroatoms. The Balaban J connectivity index is 1.33. The van der Waals surface area contributed by atoms with Gasteiger partial charge < -0.3 is 9.64 Å². The molecule has 1 aliphatic rings. The van der Waals surface area contributed by atoms with Gasteiger partial charge in [-0.3, -0.25) is 29.6 Å². The van der Waals surface area contributed by atoms with Gasteiger partial charge in [0.15, 0.2) is 5.13 Å². The average molecular weight is 459 g/mol. The summed E-state index contributed by atoms with van der Waals surface area (Å²) in [5.41, 5.74) is 6.56. The highest BCUT2D eigenvalue weighted by Gasteiger charge is 2.18. The van der Waals surface area contributed by atoms with E-state index >= 15 is 0 Å². The second-order valence-corrected chi connectivity index (χ2v) is 8.28. The van der Waals surface area contributed by atoms with Crippen LogP contribution in [0.2, 0.25) is 0 Å². The van der Waals surface area contributed by atoms with Gasteiger partial charge in [0.1, 0.15) is 5.69 Å². The Morgan fingerprint density at radius 3 is 2.47 bits per heavy atom. The van der Waals surface area contributed by atoms with E-state index in [4.69, 9.17) is 4.74 Å². The number of nitrogens with zero attached hydrogens (tertiary/aromatic N) is 4. The van der Waals surface area contributed by atoms with E-state index in [9.17, 15) is 14.4 Å². The zero-order valence-corrected chi connectivity index (χ0v) is 18.7. The summed E-state index contributed by atoms with van der Waals surface area (Å²) in [5, 5.41) is 2.42. The summed E-state index contributed by atoms with van der Waals surface area (Å²) in [5.74, 6) is -0.868. The molecule has 1 saturated heterocycles. The Morgan fingerprint density at radius 2 is 1.78 bits per heavy atom. The molecule has 3 aromatic rings. The molecule has 1 aliphatic heterocycles. The van der Waals surface area contributed by atoms with Crippen molar-refractivity contribution in [3.63, 3.8) is 0 Å². The minimum Gasteiger partial charge on any atom is -0.378 e. The van der Waals surface area contributed by atoms with Crippen LogP contribution in [-0.4, -0.2) is 52.2 Å². The predicted molar refractivity (Wildman–Crippen MR) is 122 cm³/mol. The van der Waals surface area contributed by atoms with Crippen molar-refractivity contribution in [1.29, 1.82) is 0 Å². The Labute approximate surface area is 188 Å². The van der Waals surface area contributed by atoms with E-state index in [1.165, 1.54) is 11.3 Å². The van der Waals surface area contributed by atoms with Crippen LogP contribution in [0.15, 0.2) is 34.4 Å². The largest absolute Gasteiger partial charge is 0.378 e. The van der Waals surface area contributed by atoms with Crippen molar-refractivity contribution in [2.45, 2.75) is 32.9 Å². The number of aromatic nitrogens is 3. The molecule has 0 unspecified atom stereocenters. The molecule has 2 aromatic heterocycles. The molecule has 32 heavy (non-hydrogen) atoms. The maximum absolute atomic E-state index is 12.8. The molecule has 0 spiro atoms. The van der Waals surface area contributed by atoms with Crippen molar-refractivity contribution in [1.82, 2.24) is 25.0 Å². The van der Waals surface area contributed by atoms with Crippen LogP contribution in [0.5, 0.6) is 0 Å². The lowest BCUT2D eigenvalue weighted by Gasteiger charge is -2.25. The lowest BCUT2D eigenvalue weighted by Crippen LogP contribution is -2.42. The molecule has 0 aliphatic carbocycles. The van der Waals surface area contributed by atoms with Crippen LogP contribution < -0.4 is 21.4 Å². The Bertz CT molecular complexity index is 1160. The van der Waals surface area contributed by atoms with E-state index < -0.39 is 5.91 Å². The first-order valence-electron chi connectivity index (χ1n) is 10.6. The van der Waals surface area contributed by atoms with Gasteiger partial charge in [-0.2, -0.15) is 0 Å². The quantitative estimate of drug-likeness (QED) is 0.517. The number of hydrogen-bond donors (Lipinski definition) is 2. The summed E-state index contributed by atoms with van der Waals surface area (Å²) in [6.07, 6.45) is 0.890. The minimum absolute atomic E-state index is 0.0520. The van der Waals surface area contributed by atoms with Gasteiger partial charge in [-0.05, 0) is 18.6 Å². The zero-order valence-electron chi connectivity index (χ0n) is 17.9. The number of hydrogen-bond acceptors (Lipinski definition) is 7. The lowest BCUT2D eigenvalue weighted by atomic mass is 10.3. The number of rotatable bonds is 7. The smallest absolute Gasteiger partial charge is 0.329 e. The fourth-order valence-corrected chi connectivity index (χ4v) is 4.52. The topological polar surface area (TPSA) is 110 Å². The van der Waals surface area contributed by atoms with Crippen LogP contribution in [0, 0.1) is 0 Å². The number of carbonyl (C=O) groups is 2. The van der Waals surface area contributed by atoms with Gasteiger partial charge in [0.25, 0.3) is 5.91 Å². The molecule has 1 fully saturated rings. The normalized spacial score (nSPS) is 14.0. The van der Waals surface area contributed by atoms with Gasteiger partial charge >= 0.3 is 5.69 Å². The molecule has 3 heterocycles. The number of amides is 2. The van der Waals surface area contributed by atoms with E-state index in [2.05, 4.69) is 20.7 Å². The van der Waals surface area contributed by atoms with Crippen LogP contribution >= 0.6 is 11.3 Å². The molecule has 0 atom stereocenters. The highest BCUT2D eigenvalue weighted by atomic mass is 32.1. The van der Waals surface area contributed by atoms with Crippen molar-refractivity contribution in [3.05, 3.63) is 45.8 Å². The fraction of sp³-hybridized carbons (Fsp3) is 0.429. The van der Waals surface area contributed by atoms with Crippen molar-refractivity contribution < 1.29 is 14.3 Å². The first-order chi connectivity index (χ1) is 15.6. The summed E-state index contributed by atoms with van der Waals surface area (Å²) >= 11 is 1.38. The number of benzene rings is 1. The molecule has 0 radical (unpaired) electrons. The van der Waals surface area contributed by atoms with Crippen LogP contribution in [0.3, 0.4) is 0 Å². The molecule has 2 amide bonds. The number of ether oxygens (including phenoxy) is 1. The van der Waals surface area contributed by atoms with E-state index in [-0.39, 0.29) is 30.3 Å². The summed E-state index contributed by atoms with van der Waals surface area (Å²) < 4.78 is 8.65. The number of hydrazine groups is 1. The van der Waals surface area contributed by atoms with E-state index in [1.54, 1.807) is 14.5 Å². The number of fused-ring (bicyclic) bond motifs is 1. The summed E-state index contributed by atoms with van der Waals surface area (Å²) in [6.45, 7) is 5.60. The third kappa shape index (κ3) is 4.68. The molecule has 1 aromatic carbocycles. The van der Waals surface area contributed by atoms with Crippen molar-refractivity contribution in [2.75, 3.05) is 31.2 Å². The minimum atomic E-state index is -0.481. The number of thiazole rings is 1. The van der Waals surface area contributed by atoms with Gasteiger partial charge in [-0.15, -0.1) is 11.3 Å². The number of nitrogens with one attached hydrogen (secondary N) is 2. The van der Waals surface area contributed by atoms with Gasteiger partial charge in [-0.25, -0.2) is 9.78 Å². The number of aryl methyl sites for hydroxylation is 2. The molecular weight excluding hydrogens is 432 g/mol. The summed E-state index contributed by atoms with van der Waals surface area (Å²) in [7, 11) is 0. The highest BCUT2D eigenvalue weighted by Crippen LogP contribution is 2.21. The number of imidazole rings is 1. The Kier molecular flexibility index (Phi) is 6.86. The first kappa shape index (κ1) is 22.0. The first-order valence-corrected chi connectivity index (χ1v) is 11.5. The average Bonchev–Trinajstić information content (AvgIpc) is 3.41. The van der Waals surface area contributed by atoms with E-state index in [0.29, 0.717) is 19.8 Å². The second-order valence-electron chi connectivity index (χ2n) is 7.44. The second kappa shape index (κ2) is 9.96. The van der Waals surface area contributed by atoms with E-state index in [0.717, 1.165) is 35.7 Å².